The van der Waals surface area contributed by atoms with Crippen molar-refractivity contribution in [1.82, 2.24) is 5.32 Å². The Labute approximate surface area is 137 Å². The molecule has 3 rings (SSSR count). The van der Waals surface area contributed by atoms with Crippen LogP contribution >= 0.6 is 23.2 Å². The van der Waals surface area contributed by atoms with E-state index in [9.17, 15) is 0 Å². The van der Waals surface area contributed by atoms with Crippen LogP contribution in [0.1, 0.15) is 44.2 Å². The van der Waals surface area contributed by atoms with E-state index in [1.165, 1.54) is 19.3 Å². The van der Waals surface area contributed by atoms with Crippen molar-refractivity contribution in [2.75, 3.05) is 13.7 Å². The quantitative estimate of drug-likeness (QED) is 0.785. The number of nitrogens with one attached hydrogen (secondary N) is 1. The van der Waals surface area contributed by atoms with Gasteiger partial charge >= 0.3 is 0 Å². The first-order chi connectivity index (χ1) is 10.1. The molecular weight excluding hydrogens is 305 g/mol. The van der Waals surface area contributed by atoms with Crippen LogP contribution in [-0.2, 0) is 0 Å². The smallest absolute Gasteiger partial charge is 0.138 e. The molecule has 21 heavy (non-hydrogen) atoms. The van der Waals surface area contributed by atoms with Crippen LogP contribution in [0.3, 0.4) is 0 Å². The number of methoxy groups -OCH3 is 1. The van der Waals surface area contributed by atoms with Gasteiger partial charge in [0.25, 0.3) is 0 Å². The lowest BCUT2D eigenvalue weighted by Gasteiger charge is -2.28. The van der Waals surface area contributed by atoms with Crippen LogP contribution in [0, 0.1) is 17.8 Å². The molecular formula is C17H23Cl2NO. The van der Waals surface area contributed by atoms with Crippen LogP contribution in [0.15, 0.2) is 12.1 Å². The first-order valence-corrected chi connectivity index (χ1v) is 8.66. The summed E-state index contributed by atoms with van der Waals surface area (Å²) in [5, 5.41) is 5.09. The monoisotopic (exact) mass is 327 g/mol. The van der Waals surface area contributed by atoms with Crippen LogP contribution in [0.5, 0.6) is 5.75 Å². The molecule has 0 aliphatic heterocycles. The highest BCUT2D eigenvalue weighted by atomic mass is 35.5. The molecule has 0 saturated heterocycles. The maximum absolute atomic E-state index is 6.50. The van der Waals surface area contributed by atoms with Crippen LogP contribution in [0.4, 0.5) is 0 Å². The molecule has 0 heterocycles. The van der Waals surface area contributed by atoms with Crippen LogP contribution in [0.2, 0.25) is 10.0 Å². The summed E-state index contributed by atoms with van der Waals surface area (Å²) < 4.78 is 5.25. The second-order valence-corrected chi connectivity index (χ2v) is 7.24. The minimum Gasteiger partial charge on any atom is -0.495 e. The second kappa shape index (κ2) is 6.36. The van der Waals surface area contributed by atoms with Gasteiger partial charge in [0.1, 0.15) is 5.75 Å². The third kappa shape index (κ3) is 3.18. The van der Waals surface area contributed by atoms with Gasteiger partial charge in [0.15, 0.2) is 0 Å². The van der Waals surface area contributed by atoms with Gasteiger partial charge < -0.3 is 10.1 Å². The maximum Gasteiger partial charge on any atom is 0.138 e. The SMILES string of the molecule is CCCNC(c1cc(Cl)c(OC)cc1Cl)C1CC2CC2C1. The maximum atomic E-state index is 6.50. The minimum atomic E-state index is 0.314. The van der Waals surface area contributed by atoms with Gasteiger partial charge in [0, 0.05) is 17.1 Å². The van der Waals surface area contributed by atoms with E-state index in [1.54, 1.807) is 7.11 Å². The molecule has 0 amide bonds. The predicted octanol–water partition coefficient (Wildman–Crippen LogP) is 5.09. The summed E-state index contributed by atoms with van der Waals surface area (Å²) in [7, 11) is 1.62. The van der Waals surface area contributed by atoms with Crippen molar-refractivity contribution in [3.8, 4) is 5.75 Å². The van der Waals surface area contributed by atoms with Gasteiger partial charge in [-0.05, 0) is 61.6 Å². The number of halogens is 2. The van der Waals surface area contributed by atoms with E-state index in [2.05, 4.69) is 12.2 Å². The molecule has 2 nitrogen and oxygen atoms in total. The largest absolute Gasteiger partial charge is 0.495 e. The van der Waals surface area contributed by atoms with Crippen molar-refractivity contribution in [2.24, 2.45) is 17.8 Å². The van der Waals surface area contributed by atoms with Crippen LogP contribution in [0.25, 0.3) is 0 Å². The third-order valence-electron chi connectivity index (χ3n) is 4.97. The lowest BCUT2D eigenvalue weighted by molar-refractivity contribution is 0.341. The zero-order valence-electron chi connectivity index (χ0n) is 12.7. The Kier molecular flexibility index (Phi) is 4.68. The molecule has 0 bridgehead atoms. The Morgan fingerprint density at radius 2 is 1.90 bits per heavy atom. The average molecular weight is 328 g/mol. The number of hydrogen-bond acceptors (Lipinski definition) is 2. The van der Waals surface area contributed by atoms with E-state index in [0.29, 0.717) is 22.7 Å². The fraction of sp³-hybridized carbons (Fsp3) is 0.647. The molecule has 2 fully saturated rings. The lowest BCUT2D eigenvalue weighted by Crippen LogP contribution is -2.29. The van der Waals surface area contributed by atoms with E-state index in [0.717, 1.165) is 35.4 Å². The van der Waals surface area contributed by atoms with Crippen molar-refractivity contribution in [1.29, 1.82) is 0 Å². The second-order valence-electron chi connectivity index (χ2n) is 6.43. The van der Waals surface area contributed by atoms with E-state index >= 15 is 0 Å². The van der Waals surface area contributed by atoms with Crippen molar-refractivity contribution in [3.63, 3.8) is 0 Å². The Hall–Kier alpha value is -0.440. The summed E-state index contributed by atoms with van der Waals surface area (Å²) in [6.07, 6.45) is 5.21. The van der Waals surface area contributed by atoms with E-state index in [1.807, 2.05) is 12.1 Å². The fourth-order valence-corrected chi connectivity index (χ4v) is 4.32. The van der Waals surface area contributed by atoms with Gasteiger partial charge in [-0.3, -0.25) is 0 Å². The molecule has 2 aliphatic rings. The summed E-state index contributed by atoms with van der Waals surface area (Å²) in [6, 6.07) is 4.14. The van der Waals surface area contributed by atoms with E-state index in [4.69, 9.17) is 27.9 Å². The predicted molar refractivity (Wildman–Crippen MR) is 88.4 cm³/mol. The molecule has 4 heteroatoms. The van der Waals surface area contributed by atoms with Gasteiger partial charge in [0.2, 0.25) is 0 Å². The normalized spacial score (nSPS) is 28.3. The third-order valence-corrected chi connectivity index (χ3v) is 5.59. The fourth-order valence-electron chi connectivity index (χ4n) is 3.80. The molecule has 2 aliphatic carbocycles. The molecule has 1 aromatic carbocycles. The molecule has 0 aromatic heterocycles. The molecule has 0 radical (unpaired) electrons. The Morgan fingerprint density at radius 3 is 2.52 bits per heavy atom. The Bertz CT molecular complexity index is 510. The molecule has 2 saturated carbocycles. The first kappa shape index (κ1) is 15.5. The van der Waals surface area contributed by atoms with Crippen molar-refractivity contribution >= 4 is 23.2 Å². The molecule has 1 aromatic rings. The highest BCUT2D eigenvalue weighted by Crippen LogP contribution is 2.57. The average Bonchev–Trinajstić information content (AvgIpc) is 3.09. The van der Waals surface area contributed by atoms with Gasteiger partial charge in [-0.2, -0.15) is 0 Å². The zero-order valence-corrected chi connectivity index (χ0v) is 14.2. The summed E-state index contributed by atoms with van der Waals surface area (Å²) in [4.78, 5) is 0. The number of hydrogen-bond donors (Lipinski definition) is 1. The first-order valence-electron chi connectivity index (χ1n) is 7.90. The molecule has 1 N–H and O–H groups in total. The summed E-state index contributed by atoms with van der Waals surface area (Å²) in [6.45, 7) is 3.20. The standard InChI is InChI=1S/C17H23Cl2NO/c1-3-4-20-17(12-6-10-5-11(10)7-12)13-8-15(19)16(21-2)9-14(13)18/h8-12,17,20H,3-7H2,1-2H3. The summed E-state index contributed by atoms with van der Waals surface area (Å²) in [5.41, 5.74) is 1.13. The highest BCUT2D eigenvalue weighted by Gasteiger charge is 2.48. The highest BCUT2D eigenvalue weighted by molar-refractivity contribution is 6.34. The van der Waals surface area contributed by atoms with Crippen molar-refractivity contribution < 1.29 is 4.74 Å². The van der Waals surface area contributed by atoms with Crippen molar-refractivity contribution in [3.05, 3.63) is 27.7 Å². The van der Waals surface area contributed by atoms with Gasteiger partial charge in [0.05, 0.1) is 12.1 Å². The summed E-state index contributed by atoms with van der Waals surface area (Å²) >= 11 is 12.8. The Balaban J connectivity index is 1.86. The van der Waals surface area contributed by atoms with Gasteiger partial charge in [-0.15, -0.1) is 0 Å². The molecule has 116 valence electrons. The van der Waals surface area contributed by atoms with E-state index < -0.39 is 0 Å². The molecule has 3 unspecified atom stereocenters. The van der Waals surface area contributed by atoms with Gasteiger partial charge in [-0.25, -0.2) is 0 Å². The van der Waals surface area contributed by atoms with Gasteiger partial charge in [-0.1, -0.05) is 30.1 Å². The number of fused-ring (bicyclic) bond motifs is 1. The minimum absolute atomic E-state index is 0.314. The number of rotatable bonds is 6. The van der Waals surface area contributed by atoms with Crippen molar-refractivity contribution in [2.45, 2.75) is 38.6 Å². The van der Waals surface area contributed by atoms with Crippen LogP contribution < -0.4 is 10.1 Å². The lowest BCUT2D eigenvalue weighted by atomic mass is 9.89. The van der Waals surface area contributed by atoms with Crippen LogP contribution in [-0.4, -0.2) is 13.7 Å². The topological polar surface area (TPSA) is 21.3 Å². The molecule has 3 atom stereocenters. The Morgan fingerprint density at radius 1 is 1.19 bits per heavy atom. The summed E-state index contributed by atoms with van der Waals surface area (Å²) in [5.74, 6) is 3.26. The number of ether oxygens (including phenoxy) is 1. The molecule has 0 spiro atoms. The van der Waals surface area contributed by atoms with E-state index in [-0.39, 0.29) is 0 Å². The number of benzene rings is 1. The zero-order chi connectivity index (χ0) is 15.0.